The highest BCUT2D eigenvalue weighted by molar-refractivity contribution is 5.81. The third-order valence-electron chi connectivity index (χ3n) is 10.8. The first-order valence-corrected chi connectivity index (χ1v) is 13.1. The van der Waals surface area contributed by atoms with Gasteiger partial charge in [0.1, 0.15) is 6.54 Å². The van der Waals surface area contributed by atoms with E-state index in [4.69, 9.17) is 5.11 Å². The minimum absolute atomic E-state index is 0.0427. The van der Waals surface area contributed by atoms with Crippen LogP contribution in [0, 0.1) is 46.3 Å². The van der Waals surface area contributed by atoms with Crippen LogP contribution in [0.3, 0.4) is 0 Å². The van der Waals surface area contributed by atoms with Crippen LogP contribution in [0.25, 0.3) is 0 Å². The number of aliphatic hydroxyl groups is 3. The van der Waals surface area contributed by atoms with Gasteiger partial charge in [0.25, 0.3) is 0 Å². The highest BCUT2D eigenvalue weighted by Gasteiger charge is 2.63. The van der Waals surface area contributed by atoms with Crippen molar-refractivity contribution in [3.8, 4) is 0 Å². The zero-order valence-corrected chi connectivity index (χ0v) is 20.2. The molecule has 4 fully saturated rings. The van der Waals surface area contributed by atoms with E-state index in [0.29, 0.717) is 42.4 Å². The van der Waals surface area contributed by atoms with E-state index < -0.39 is 18.2 Å². The normalized spacial score (nSPS) is 45.4. The van der Waals surface area contributed by atoms with E-state index in [1.807, 2.05) is 0 Å². The number of hydrogen-bond acceptors (Lipinski definition) is 5. The first kappa shape index (κ1) is 24.9. The second-order valence-corrected chi connectivity index (χ2v) is 12.0. The Hall–Kier alpha value is -1.18. The zero-order chi connectivity index (χ0) is 24.0. The molecule has 2 unspecified atom stereocenters. The number of carbonyl (C=O) groups is 2. The zero-order valence-electron chi connectivity index (χ0n) is 20.2. The topological polar surface area (TPSA) is 127 Å². The molecule has 0 saturated heterocycles. The van der Waals surface area contributed by atoms with E-state index in [2.05, 4.69) is 19.2 Å². The second-order valence-electron chi connectivity index (χ2n) is 12.0. The van der Waals surface area contributed by atoms with E-state index >= 15 is 0 Å². The van der Waals surface area contributed by atoms with E-state index in [-0.39, 0.29) is 42.2 Å². The monoisotopic (exact) mass is 465 g/mol. The summed E-state index contributed by atoms with van der Waals surface area (Å²) in [5.74, 6) is 1.11. The van der Waals surface area contributed by atoms with Gasteiger partial charge in [0.15, 0.2) is 0 Å². The van der Waals surface area contributed by atoms with Crippen molar-refractivity contribution in [1.82, 2.24) is 5.32 Å². The maximum Gasteiger partial charge on any atom is 0.322 e. The summed E-state index contributed by atoms with van der Waals surface area (Å²) in [4.78, 5) is 22.7. The van der Waals surface area contributed by atoms with Gasteiger partial charge in [0, 0.05) is 18.4 Å². The van der Waals surface area contributed by atoms with Gasteiger partial charge in [0.2, 0.25) is 5.91 Å². The number of rotatable bonds is 7. The third kappa shape index (κ3) is 4.23. The van der Waals surface area contributed by atoms with Crippen LogP contribution in [0.1, 0.15) is 78.1 Å². The molecule has 0 aromatic carbocycles. The maximum atomic E-state index is 12.1. The van der Waals surface area contributed by atoms with Crippen molar-refractivity contribution in [1.29, 1.82) is 0 Å². The minimum Gasteiger partial charge on any atom is -0.480 e. The number of carboxylic acid groups (broad SMARTS) is 1. The van der Waals surface area contributed by atoms with Gasteiger partial charge in [-0.25, -0.2) is 0 Å². The molecule has 0 aromatic heterocycles. The maximum absolute atomic E-state index is 12.1. The van der Waals surface area contributed by atoms with Crippen molar-refractivity contribution in [2.75, 3.05) is 13.2 Å². The van der Waals surface area contributed by atoms with Crippen molar-refractivity contribution in [2.45, 2.75) is 90.3 Å². The largest absolute Gasteiger partial charge is 0.480 e. The SMILES string of the molecule is C[C@]12CC[C@H]3[C@@H](CC[C@@H]4CCC(O)C(O)[C@@]43C)[C@@H]1CC[C@@H]2[C@H](CO)CCC(=O)NCC(=O)O. The van der Waals surface area contributed by atoms with Crippen molar-refractivity contribution < 1.29 is 30.0 Å². The van der Waals surface area contributed by atoms with Crippen molar-refractivity contribution in [2.24, 2.45) is 46.3 Å². The summed E-state index contributed by atoms with van der Waals surface area (Å²) in [6.07, 6.45) is 7.92. The number of fused-ring (bicyclic) bond motifs is 5. The van der Waals surface area contributed by atoms with E-state index in [9.17, 15) is 24.9 Å². The van der Waals surface area contributed by atoms with Gasteiger partial charge < -0.3 is 25.7 Å². The summed E-state index contributed by atoms with van der Waals surface area (Å²) in [6, 6.07) is 0. The lowest BCUT2D eigenvalue weighted by Crippen LogP contribution is -2.60. The fraction of sp³-hybridized carbons (Fsp3) is 0.923. The Morgan fingerprint density at radius 3 is 2.42 bits per heavy atom. The van der Waals surface area contributed by atoms with E-state index in [0.717, 1.165) is 38.5 Å². The Kier molecular flexibility index (Phi) is 7.15. The van der Waals surface area contributed by atoms with Crippen molar-refractivity contribution in [3.63, 3.8) is 0 Å². The molecule has 0 bridgehead atoms. The fourth-order valence-corrected chi connectivity index (χ4v) is 9.14. The van der Waals surface area contributed by atoms with Crippen LogP contribution >= 0.6 is 0 Å². The first-order valence-electron chi connectivity index (χ1n) is 13.1. The second kappa shape index (κ2) is 9.46. The van der Waals surface area contributed by atoms with Crippen molar-refractivity contribution in [3.05, 3.63) is 0 Å². The summed E-state index contributed by atoms with van der Waals surface area (Å²) >= 11 is 0. The Morgan fingerprint density at radius 2 is 1.73 bits per heavy atom. The van der Waals surface area contributed by atoms with Crippen LogP contribution in [0.15, 0.2) is 0 Å². The van der Waals surface area contributed by atoms with Gasteiger partial charge in [-0.1, -0.05) is 13.8 Å². The average molecular weight is 466 g/mol. The number of carboxylic acids is 1. The number of aliphatic carboxylic acids is 1. The number of carbonyl (C=O) groups excluding carboxylic acids is 1. The van der Waals surface area contributed by atoms with Crippen LogP contribution in [-0.4, -0.2) is 57.7 Å². The molecule has 188 valence electrons. The quantitative estimate of drug-likeness (QED) is 0.393. The molecule has 4 saturated carbocycles. The Labute approximate surface area is 197 Å². The smallest absolute Gasteiger partial charge is 0.322 e. The predicted molar refractivity (Wildman–Crippen MR) is 123 cm³/mol. The van der Waals surface area contributed by atoms with Gasteiger partial charge in [0.05, 0.1) is 12.2 Å². The predicted octanol–water partition coefficient (Wildman–Crippen LogP) is 2.57. The molecule has 5 N–H and O–H groups in total. The molecule has 0 aromatic rings. The number of nitrogens with one attached hydrogen (secondary N) is 1. The molecule has 4 aliphatic carbocycles. The Balaban J connectivity index is 1.46. The molecular weight excluding hydrogens is 422 g/mol. The molecule has 10 atom stereocenters. The molecule has 4 aliphatic rings. The fourth-order valence-electron chi connectivity index (χ4n) is 9.14. The first-order chi connectivity index (χ1) is 15.6. The minimum atomic E-state index is -1.05. The number of hydrogen-bond donors (Lipinski definition) is 5. The summed E-state index contributed by atoms with van der Waals surface area (Å²) in [5, 5.41) is 43.0. The Bertz CT molecular complexity index is 740. The van der Waals surface area contributed by atoms with Crippen LogP contribution < -0.4 is 5.32 Å². The summed E-state index contributed by atoms with van der Waals surface area (Å²) in [7, 11) is 0. The number of amides is 1. The van der Waals surface area contributed by atoms with Gasteiger partial charge in [-0.15, -0.1) is 0 Å². The summed E-state index contributed by atoms with van der Waals surface area (Å²) < 4.78 is 0. The molecular formula is C26H43NO6. The van der Waals surface area contributed by atoms with Gasteiger partial charge in [-0.05, 0) is 98.7 Å². The summed E-state index contributed by atoms with van der Waals surface area (Å²) in [6.45, 7) is 4.31. The molecule has 0 spiro atoms. The lowest BCUT2D eigenvalue weighted by atomic mass is 9.43. The lowest BCUT2D eigenvalue weighted by molar-refractivity contribution is -0.196. The molecule has 7 nitrogen and oxygen atoms in total. The van der Waals surface area contributed by atoms with Gasteiger partial charge in [-0.3, -0.25) is 9.59 Å². The van der Waals surface area contributed by atoms with Gasteiger partial charge >= 0.3 is 5.97 Å². The lowest BCUT2D eigenvalue weighted by Gasteiger charge is -2.62. The van der Waals surface area contributed by atoms with Crippen LogP contribution in [0.4, 0.5) is 0 Å². The average Bonchev–Trinajstić information content (AvgIpc) is 3.13. The molecule has 7 heteroatoms. The standard InChI is InChI=1S/C26H43NO6/c1-25-12-11-20-17(6-4-16-5-9-21(29)24(33)26(16,20)2)19(25)8-7-18(25)15(14-28)3-10-22(30)27-13-23(31)32/h15-21,24,28-29,33H,3-14H2,1-2H3,(H,27,30)(H,31,32)/t15-,16+,17-,18+,19-,20-,21?,24?,25+,26-/m0/s1. The number of aliphatic hydroxyl groups excluding tert-OH is 3. The van der Waals surface area contributed by atoms with Crippen LogP contribution in [-0.2, 0) is 9.59 Å². The highest BCUT2D eigenvalue weighted by Crippen LogP contribution is 2.68. The molecule has 0 heterocycles. The third-order valence-corrected chi connectivity index (χ3v) is 10.8. The van der Waals surface area contributed by atoms with Gasteiger partial charge in [-0.2, -0.15) is 0 Å². The van der Waals surface area contributed by atoms with E-state index in [1.54, 1.807) is 0 Å². The highest BCUT2D eigenvalue weighted by atomic mass is 16.4. The van der Waals surface area contributed by atoms with Crippen LogP contribution in [0.5, 0.6) is 0 Å². The molecule has 0 aliphatic heterocycles. The molecule has 0 radical (unpaired) electrons. The summed E-state index contributed by atoms with van der Waals surface area (Å²) in [5.41, 5.74) is -0.0911. The van der Waals surface area contributed by atoms with Crippen molar-refractivity contribution >= 4 is 11.9 Å². The molecule has 1 amide bonds. The van der Waals surface area contributed by atoms with Crippen LogP contribution in [0.2, 0.25) is 0 Å². The van der Waals surface area contributed by atoms with E-state index in [1.165, 1.54) is 6.42 Å². The Morgan fingerprint density at radius 1 is 1.00 bits per heavy atom. The molecule has 33 heavy (non-hydrogen) atoms. The molecule has 4 rings (SSSR count).